The van der Waals surface area contributed by atoms with Crippen LogP contribution >= 0.6 is 7.82 Å². The van der Waals surface area contributed by atoms with E-state index in [1.165, 1.54) is 30.3 Å². The molecule has 4 rings (SSSR count). The van der Waals surface area contributed by atoms with Crippen LogP contribution in [0, 0.1) is 5.92 Å². The minimum absolute atomic E-state index is 0. The van der Waals surface area contributed by atoms with Crippen LogP contribution in [0.25, 0.3) is 0 Å². The molecular weight excluding hydrogens is 864 g/mol. The first kappa shape index (κ1) is 52.7. The third-order valence-electron chi connectivity index (χ3n) is 9.56. The average molecular weight is 912 g/mol. The van der Waals surface area contributed by atoms with Crippen LogP contribution in [0.5, 0.6) is 0 Å². The summed E-state index contributed by atoms with van der Waals surface area (Å²) in [6.07, 6.45) is -15.4. The number of nitrogens with two attached hydrogens (primary N) is 1. The van der Waals surface area contributed by atoms with Gasteiger partial charge in [0, 0.05) is 55.7 Å². The number of Topliss-reactive ketones (excluding diaryl/α,β-unsaturated/α-hetero) is 1. The SMILES string of the molecule is Nc1ccn([C@@H]2O[C@H](COP(=O)(O)OC3(C(=O)[O-])CC(O)C(CC(=O)CNC(=O)CCOCCCNC(=O)c4ccc(C=O)cc4)C(C(O)[C@H](O)CO)O3)[C@H](O)C2O)c(=O)n1.[Na+]. The van der Waals surface area contributed by atoms with E-state index in [0.717, 1.165) is 10.8 Å². The molecule has 3 heterocycles. The number of ether oxygens (including phenoxy) is 3. The molecule has 2 aliphatic heterocycles. The molecule has 7 unspecified atom stereocenters. The van der Waals surface area contributed by atoms with Gasteiger partial charge in [-0.25, -0.2) is 13.9 Å². The molecule has 0 spiro atoms. The number of nitrogens with zero attached hydrogens (tertiary/aromatic N) is 2. The van der Waals surface area contributed by atoms with Crippen molar-refractivity contribution in [3.05, 3.63) is 58.1 Å². The van der Waals surface area contributed by atoms with E-state index in [1.54, 1.807) is 0 Å². The van der Waals surface area contributed by atoms with E-state index >= 15 is 0 Å². The third-order valence-corrected chi connectivity index (χ3v) is 10.6. The van der Waals surface area contributed by atoms with Gasteiger partial charge >= 0.3 is 43.1 Å². The number of carboxylic acids is 1. The second-order valence-corrected chi connectivity index (χ2v) is 15.4. The number of carbonyl (C=O) groups is 5. The maximum absolute atomic E-state index is 13.1. The van der Waals surface area contributed by atoms with E-state index in [-0.39, 0.29) is 67.5 Å². The van der Waals surface area contributed by atoms with Crippen LogP contribution in [-0.4, -0.2) is 163 Å². The summed E-state index contributed by atoms with van der Waals surface area (Å²) in [5.41, 5.74) is 5.25. The van der Waals surface area contributed by atoms with Crippen molar-refractivity contribution >= 4 is 43.5 Å². The molecule has 2 aromatic rings. The fourth-order valence-electron chi connectivity index (χ4n) is 6.31. The number of rotatable bonds is 23. The molecule has 0 saturated carbocycles. The number of benzene rings is 1. The van der Waals surface area contributed by atoms with Crippen molar-refractivity contribution in [1.82, 2.24) is 20.2 Å². The number of aromatic nitrogens is 2. The maximum atomic E-state index is 13.1. The minimum Gasteiger partial charge on any atom is -0.544 e. The van der Waals surface area contributed by atoms with Gasteiger partial charge in [0.25, 0.3) is 5.91 Å². The number of aliphatic hydroxyl groups excluding tert-OH is 6. The number of anilines is 1. The molecule has 0 aliphatic carbocycles. The summed E-state index contributed by atoms with van der Waals surface area (Å²) in [4.78, 5) is 86.9. The number of aliphatic hydroxyl groups is 6. The summed E-state index contributed by atoms with van der Waals surface area (Å²) >= 11 is 0. The van der Waals surface area contributed by atoms with Crippen LogP contribution in [0.4, 0.5) is 5.82 Å². The number of aldehydes is 1. The molecule has 27 heteroatoms. The van der Waals surface area contributed by atoms with Crippen molar-refractivity contribution in [2.45, 2.75) is 80.4 Å². The Hall–Kier alpha value is -3.60. The zero-order chi connectivity index (χ0) is 45.1. The van der Waals surface area contributed by atoms with Crippen molar-refractivity contribution in [2.24, 2.45) is 5.92 Å². The number of nitrogens with one attached hydrogen (secondary N) is 2. The van der Waals surface area contributed by atoms with Crippen molar-refractivity contribution in [2.75, 3.05) is 45.3 Å². The largest absolute Gasteiger partial charge is 1.00 e. The molecule has 338 valence electrons. The van der Waals surface area contributed by atoms with E-state index in [4.69, 9.17) is 29.0 Å². The first-order chi connectivity index (χ1) is 28.8. The van der Waals surface area contributed by atoms with Gasteiger partial charge in [-0.1, -0.05) is 12.1 Å². The van der Waals surface area contributed by atoms with Gasteiger partial charge in [0.2, 0.25) is 11.7 Å². The van der Waals surface area contributed by atoms with Crippen LogP contribution in [0.1, 0.15) is 52.6 Å². The summed E-state index contributed by atoms with van der Waals surface area (Å²) in [6, 6.07) is 7.19. The molecule has 25 nitrogen and oxygen atoms in total. The number of hydrogen-bond donors (Lipinski definition) is 10. The molecule has 0 bridgehead atoms. The van der Waals surface area contributed by atoms with E-state index < -0.39 is 124 Å². The number of amides is 2. The number of phosphoric acid groups is 1. The number of hydrogen-bond acceptors (Lipinski definition) is 21. The van der Waals surface area contributed by atoms with Crippen molar-refractivity contribution < 1.29 is 122 Å². The second kappa shape index (κ2) is 23.9. The third kappa shape index (κ3) is 14.2. The van der Waals surface area contributed by atoms with Crippen LogP contribution in [0.15, 0.2) is 41.3 Å². The van der Waals surface area contributed by atoms with E-state index in [9.17, 15) is 74.0 Å². The first-order valence-electron chi connectivity index (χ1n) is 18.6. The Bertz CT molecular complexity index is 1960. The number of nitrogen functional groups attached to an aromatic ring is 1. The summed E-state index contributed by atoms with van der Waals surface area (Å²) in [5.74, 6) is -9.34. The van der Waals surface area contributed by atoms with E-state index in [2.05, 4.69) is 15.6 Å². The molecular formula is C35H47N5NaO20P. The Morgan fingerprint density at radius 1 is 1.10 bits per heavy atom. The quantitative estimate of drug-likeness (QED) is 0.0214. The van der Waals surface area contributed by atoms with Gasteiger partial charge in [-0.2, -0.15) is 4.98 Å². The fourth-order valence-corrected chi connectivity index (χ4v) is 7.26. The van der Waals surface area contributed by atoms with E-state index in [0.29, 0.717) is 23.8 Å². The molecule has 2 fully saturated rings. The number of phosphoric ester groups is 1. The topological polar surface area (TPSA) is 398 Å². The van der Waals surface area contributed by atoms with Gasteiger partial charge in [-0.15, -0.1) is 0 Å². The zero-order valence-corrected chi connectivity index (χ0v) is 36.1. The maximum Gasteiger partial charge on any atom is 1.00 e. The van der Waals surface area contributed by atoms with Crippen molar-refractivity contribution in [1.29, 1.82) is 0 Å². The van der Waals surface area contributed by atoms with Gasteiger partial charge in [0.1, 0.15) is 48.6 Å². The summed E-state index contributed by atoms with van der Waals surface area (Å²) in [6.45, 7) is -2.50. The Morgan fingerprint density at radius 2 is 1.79 bits per heavy atom. The van der Waals surface area contributed by atoms with Crippen LogP contribution in [0.3, 0.4) is 0 Å². The molecule has 11 N–H and O–H groups in total. The molecule has 1 aromatic heterocycles. The Balaban J connectivity index is 0.0000102. The van der Waals surface area contributed by atoms with Crippen LogP contribution in [-0.2, 0) is 42.2 Å². The summed E-state index contributed by atoms with van der Waals surface area (Å²) in [5, 5.41) is 79.9. The number of aliphatic carboxylic acids is 1. The van der Waals surface area contributed by atoms with Crippen molar-refractivity contribution in [3.63, 3.8) is 0 Å². The standard InChI is InChI=1S/C35H48N5O20P.Na/c36-25-6-9-40(34(53)39-25)32-29(49)28(48)24(58-32)17-57-61(54,55)60-35(33(51)52)13-22(44)21(30(59-35)27(47)23(45)16-42)12-20(43)14-38-26(46)7-11-56-10-1-8-37-31(50)19-4-2-18(15-41)3-5-19;/h2-6,9,15,21-24,27-30,32,42,44-45,47-49H,1,7-8,10-14,16-17H2,(H,37,50)(H,38,46)(H,51,52)(H,54,55)(H2,36,39,53);/q;+1/p-1/t21?,22?,23-,24-,27?,28+,29?,30?,32-,35?;/m1./s1. The van der Waals surface area contributed by atoms with E-state index in [1.807, 2.05) is 0 Å². The van der Waals surface area contributed by atoms with Gasteiger partial charge in [-0.3, -0.25) is 28.3 Å². The van der Waals surface area contributed by atoms with Gasteiger partial charge < -0.3 is 76.0 Å². The Labute approximate surface area is 374 Å². The minimum atomic E-state index is -5.68. The van der Waals surface area contributed by atoms with Gasteiger partial charge in [0.05, 0.1) is 38.6 Å². The first-order valence-corrected chi connectivity index (χ1v) is 20.1. The zero-order valence-electron chi connectivity index (χ0n) is 33.2. The number of ketones is 1. The number of carbonyl (C=O) groups excluding carboxylic acids is 5. The molecule has 11 atom stereocenters. The van der Waals surface area contributed by atoms with Gasteiger partial charge in [-0.05, 0) is 24.6 Å². The second-order valence-electron chi connectivity index (χ2n) is 14.0. The number of carboxylic acid groups (broad SMARTS) is 1. The van der Waals surface area contributed by atoms with Crippen molar-refractivity contribution in [3.8, 4) is 0 Å². The smallest absolute Gasteiger partial charge is 0.544 e. The Morgan fingerprint density at radius 3 is 2.42 bits per heavy atom. The van der Waals surface area contributed by atoms with Crippen LogP contribution < -0.4 is 56.7 Å². The normalized spacial score (nSPS) is 26.6. The molecule has 2 saturated heterocycles. The molecule has 2 aliphatic rings. The predicted octanol–water partition coefficient (Wildman–Crippen LogP) is -8.38. The summed E-state index contributed by atoms with van der Waals surface area (Å²) < 4.78 is 39.6. The molecule has 2 amide bonds. The molecule has 0 radical (unpaired) electrons. The predicted molar refractivity (Wildman–Crippen MR) is 198 cm³/mol. The summed E-state index contributed by atoms with van der Waals surface area (Å²) in [7, 11) is -5.68. The monoisotopic (exact) mass is 911 g/mol. The average Bonchev–Trinajstić information content (AvgIpc) is 3.50. The molecule has 62 heavy (non-hydrogen) atoms. The Kier molecular flexibility index (Phi) is 20.3. The molecule has 1 aromatic carbocycles. The van der Waals surface area contributed by atoms with Gasteiger partial charge in [0.15, 0.2) is 12.0 Å². The fraction of sp³-hybridized carbons (Fsp3) is 0.571. The van der Waals surface area contributed by atoms with Crippen LogP contribution in [0.2, 0.25) is 0 Å².